The molecule has 230 valence electrons. The van der Waals surface area contributed by atoms with Crippen molar-refractivity contribution in [3.05, 3.63) is 62.5 Å². The monoisotopic (exact) mass is 632 g/mol. The Labute approximate surface area is 258 Å². The molecular formula is C29H34ClFN6O5S. The Morgan fingerprint density at radius 1 is 1.30 bits per heavy atom. The molecule has 0 spiro atoms. The second-order valence-corrected chi connectivity index (χ2v) is 13.1. The number of ether oxygens (including phenoxy) is 1. The van der Waals surface area contributed by atoms with Crippen LogP contribution in [0, 0.1) is 11.2 Å². The van der Waals surface area contributed by atoms with Gasteiger partial charge < -0.3 is 25.0 Å². The van der Waals surface area contributed by atoms with E-state index in [0.717, 1.165) is 0 Å². The lowest BCUT2D eigenvalue weighted by molar-refractivity contribution is -0.147. The summed E-state index contributed by atoms with van der Waals surface area (Å²) < 4.78 is 19.5. The molecule has 2 unspecified atom stereocenters. The van der Waals surface area contributed by atoms with Crippen LogP contribution < -0.4 is 5.32 Å². The van der Waals surface area contributed by atoms with E-state index in [1.807, 2.05) is 12.3 Å². The van der Waals surface area contributed by atoms with Crippen molar-refractivity contribution in [2.24, 2.45) is 10.4 Å². The summed E-state index contributed by atoms with van der Waals surface area (Å²) in [5.74, 6) is -1.59. The Hall–Kier alpha value is -3.55. The normalized spacial score (nSPS) is 22.8. The average molecular weight is 633 g/mol. The number of halogens is 2. The van der Waals surface area contributed by atoms with Crippen LogP contribution in [-0.2, 0) is 14.3 Å². The highest BCUT2D eigenvalue weighted by molar-refractivity contribution is 7.11. The van der Waals surface area contributed by atoms with Crippen molar-refractivity contribution in [1.29, 1.82) is 0 Å². The highest BCUT2D eigenvalue weighted by Gasteiger charge is 2.51. The first-order chi connectivity index (χ1) is 20.3. The number of carboxylic acid groups (broad SMARTS) is 1. The number of hydrogen-bond acceptors (Lipinski definition) is 9. The number of urea groups is 1. The van der Waals surface area contributed by atoms with E-state index in [4.69, 9.17) is 21.3 Å². The Bertz CT molecular complexity index is 1500. The van der Waals surface area contributed by atoms with Gasteiger partial charge in [-0.25, -0.2) is 19.0 Å². The summed E-state index contributed by atoms with van der Waals surface area (Å²) in [4.78, 5) is 53.3. The Kier molecular flexibility index (Phi) is 8.52. The van der Waals surface area contributed by atoms with Crippen molar-refractivity contribution in [1.82, 2.24) is 25.0 Å². The lowest BCUT2D eigenvalue weighted by Crippen LogP contribution is -2.60. The molecule has 14 heteroatoms. The number of hydrogen-bond donors (Lipinski definition) is 2. The van der Waals surface area contributed by atoms with Crippen LogP contribution >= 0.6 is 22.9 Å². The number of fused-ring (bicyclic) bond motifs is 1. The SMILES string of the molecule is CCOC(=O)C1=C(CN2CCN3C(=O)N(CC(C)(C)C(=O)O)CC3(C)C2)NC(c2nccs2)=NC1c1ccc(F)cc1Cl. The van der Waals surface area contributed by atoms with E-state index in [1.54, 1.807) is 36.8 Å². The maximum absolute atomic E-state index is 14.0. The molecule has 3 aliphatic rings. The molecule has 0 saturated carbocycles. The number of carbonyl (C=O) groups is 3. The zero-order valence-corrected chi connectivity index (χ0v) is 26.0. The molecule has 2 aromatic rings. The van der Waals surface area contributed by atoms with Crippen LogP contribution in [0.3, 0.4) is 0 Å². The second kappa shape index (κ2) is 11.9. The van der Waals surface area contributed by atoms with Crippen molar-refractivity contribution >= 4 is 46.7 Å². The van der Waals surface area contributed by atoms with Gasteiger partial charge in [0.05, 0.1) is 23.1 Å². The Balaban J connectivity index is 1.48. The summed E-state index contributed by atoms with van der Waals surface area (Å²) in [5, 5.41) is 15.5. The van der Waals surface area contributed by atoms with Crippen LogP contribution in [-0.4, -0.2) is 100 Å². The second-order valence-electron chi connectivity index (χ2n) is 11.8. The molecule has 4 heterocycles. The van der Waals surface area contributed by atoms with Gasteiger partial charge in [0, 0.05) is 67.1 Å². The standard InChI is InChI=1S/C29H34ClFN6O5S/c1-5-42-25(38)21-20(33-23(24-32-8-11-43-24)34-22(21)18-7-6-17(31)12-19(18)30)13-35-9-10-37-27(41)36(16-29(37,4)15-35)14-28(2,3)26(39)40/h6-8,11-12,22H,5,9-10,13-16H2,1-4H3,(H,33,34)(H,39,40). The largest absolute Gasteiger partial charge is 0.481 e. The van der Waals surface area contributed by atoms with Gasteiger partial charge in [0.25, 0.3) is 0 Å². The number of rotatable bonds is 9. The molecule has 5 rings (SSSR count). The van der Waals surface area contributed by atoms with Gasteiger partial charge in [-0.15, -0.1) is 11.3 Å². The van der Waals surface area contributed by atoms with Gasteiger partial charge in [-0.05, 0) is 39.8 Å². The molecule has 11 nitrogen and oxygen atoms in total. The first-order valence-electron chi connectivity index (χ1n) is 13.9. The quantitative estimate of drug-likeness (QED) is 0.400. The molecule has 2 fully saturated rings. The predicted octanol–water partition coefficient (Wildman–Crippen LogP) is 3.77. The average Bonchev–Trinajstić information content (AvgIpc) is 3.54. The fourth-order valence-corrected chi connectivity index (χ4v) is 6.72. The minimum absolute atomic E-state index is 0.0979. The number of piperazine rings is 1. The minimum Gasteiger partial charge on any atom is -0.481 e. The summed E-state index contributed by atoms with van der Waals surface area (Å²) in [6.07, 6.45) is 1.66. The molecule has 3 aliphatic heterocycles. The van der Waals surface area contributed by atoms with Crippen molar-refractivity contribution in [2.45, 2.75) is 39.3 Å². The highest BCUT2D eigenvalue weighted by Crippen LogP contribution is 2.38. The number of benzene rings is 1. The fourth-order valence-electron chi connectivity index (χ4n) is 5.86. The summed E-state index contributed by atoms with van der Waals surface area (Å²) >= 11 is 7.87. The van der Waals surface area contributed by atoms with Gasteiger partial charge in [0.2, 0.25) is 0 Å². The summed E-state index contributed by atoms with van der Waals surface area (Å²) in [6.45, 7) is 9.27. The van der Waals surface area contributed by atoms with E-state index < -0.39 is 34.8 Å². The third-order valence-corrected chi connectivity index (χ3v) is 9.06. The number of carboxylic acids is 1. The van der Waals surface area contributed by atoms with E-state index in [2.05, 4.69) is 15.2 Å². The van der Waals surface area contributed by atoms with Gasteiger partial charge in [-0.2, -0.15) is 0 Å². The molecule has 43 heavy (non-hydrogen) atoms. The topological polar surface area (TPSA) is 128 Å². The number of aromatic nitrogens is 1. The number of nitrogens with one attached hydrogen (secondary N) is 1. The molecular weight excluding hydrogens is 599 g/mol. The van der Waals surface area contributed by atoms with Crippen LogP contribution in [0.5, 0.6) is 0 Å². The lowest BCUT2D eigenvalue weighted by atomic mass is 9.92. The van der Waals surface area contributed by atoms with E-state index in [9.17, 15) is 23.9 Å². The lowest BCUT2D eigenvalue weighted by Gasteiger charge is -2.44. The van der Waals surface area contributed by atoms with E-state index in [-0.39, 0.29) is 29.8 Å². The zero-order valence-electron chi connectivity index (χ0n) is 24.4. The fraction of sp³-hybridized carbons (Fsp3) is 0.483. The molecule has 0 bridgehead atoms. The predicted molar refractivity (Wildman–Crippen MR) is 160 cm³/mol. The molecule has 1 aromatic heterocycles. The number of thiazole rings is 1. The van der Waals surface area contributed by atoms with Gasteiger partial charge in [0.1, 0.15) is 11.9 Å². The first kappa shape index (κ1) is 30.9. The van der Waals surface area contributed by atoms with Crippen molar-refractivity contribution in [2.75, 3.05) is 45.9 Å². The van der Waals surface area contributed by atoms with Gasteiger partial charge in [-0.1, -0.05) is 17.7 Å². The summed E-state index contributed by atoms with van der Waals surface area (Å²) in [5.41, 5.74) is -0.401. The van der Waals surface area contributed by atoms with E-state index in [1.165, 1.54) is 29.5 Å². The molecule has 0 aliphatic carbocycles. The number of nitrogens with zero attached hydrogens (tertiary/aromatic N) is 5. The first-order valence-corrected chi connectivity index (χ1v) is 15.2. The van der Waals surface area contributed by atoms with Crippen molar-refractivity contribution in [3.63, 3.8) is 0 Å². The maximum Gasteiger partial charge on any atom is 0.338 e. The Morgan fingerprint density at radius 3 is 2.72 bits per heavy atom. The number of amides is 2. The molecule has 2 N–H and O–H groups in total. The van der Waals surface area contributed by atoms with Crippen LogP contribution in [0.4, 0.5) is 9.18 Å². The maximum atomic E-state index is 14.0. The van der Waals surface area contributed by atoms with E-state index in [0.29, 0.717) is 54.8 Å². The minimum atomic E-state index is -1.09. The smallest absolute Gasteiger partial charge is 0.338 e. The highest BCUT2D eigenvalue weighted by atomic mass is 35.5. The zero-order chi connectivity index (χ0) is 31.1. The Morgan fingerprint density at radius 2 is 2.07 bits per heavy atom. The molecule has 0 radical (unpaired) electrons. The number of carbonyl (C=O) groups excluding carboxylic acids is 2. The van der Waals surface area contributed by atoms with Gasteiger partial charge in [-0.3, -0.25) is 14.7 Å². The van der Waals surface area contributed by atoms with Crippen LogP contribution in [0.1, 0.15) is 44.3 Å². The number of amidine groups is 1. The van der Waals surface area contributed by atoms with Crippen LogP contribution in [0.2, 0.25) is 5.02 Å². The summed E-state index contributed by atoms with van der Waals surface area (Å²) in [6, 6.07) is 2.93. The number of aliphatic carboxylic acids is 1. The molecule has 2 atom stereocenters. The van der Waals surface area contributed by atoms with E-state index >= 15 is 0 Å². The third-order valence-electron chi connectivity index (χ3n) is 7.95. The molecule has 2 saturated heterocycles. The van der Waals surface area contributed by atoms with Crippen LogP contribution in [0.15, 0.2) is 46.0 Å². The van der Waals surface area contributed by atoms with Gasteiger partial charge in [0.15, 0.2) is 10.8 Å². The third kappa shape index (κ3) is 6.11. The van der Waals surface area contributed by atoms with Crippen molar-refractivity contribution in [3.8, 4) is 0 Å². The van der Waals surface area contributed by atoms with Crippen LogP contribution in [0.25, 0.3) is 0 Å². The summed E-state index contributed by atoms with van der Waals surface area (Å²) in [7, 11) is 0. The number of aliphatic imine (C=N–C) groups is 1. The van der Waals surface area contributed by atoms with Gasteiger partial charge >= 0.3 is 18.0 Å². The number of esters is 1. The van der Waals surface area contributed by atoms with Crippen molar-refractivity contribution < 1.29 is 28.6 Å². The molecule has 1 aromatic carbocycles. The molecule has 2 amide bonds.